The average molecular weight is 461 g/mol. The minimum atomic E-state index is -0.176. The van der Waals surface area contributed by atoms with Gasteiger partial charge >= 0.3 is 0 Å². The molecule has 2 N–H and O–H groups in total. The Hall–Kier alpha value is -3.35. The SMILES string of the molecule is Cc1c(C(=O)N2CCN(C)CC2)c[nH]c1C=C1C(=O)Nc2cccc(-c3ccccc3Cl)c21. The van der Waals surface area contributed by atoms with Crippen molar-refractivity contribution < 1.29 is 9.59 Å². The fourth-order valence-electron chi connectivity index (χ4n) is 4.50. The standard InChI is InChI=1S/C26H25ClN4O2/c1-16-20(26(33)31-12-10-30(2)11-13-31)15-28-23(16)14-19-24-18(17-6-3-4-8-21(17)27)7-5-9-22(24)29-25(19)32/h3-9,14-15,28H,10-13H2,1-2H3,(H,29,32). The lowest BCUT2D eigenvalue weighted by molar-refractivity contribution is -0.110. The molecular weight excluding hydrogens is 436 g/mol. The van der Waals surface area contributed by atoms with E-state index in [-0.39, 0.29) is 11.8 Å². The maximum Gasteiger partial charge on any atom is 0.256 e. The molecule has 0 saturated carbocycles. The third-order valence-electron chi connectivity index (χ3n) is 6.48. The predicted molar refractivity (Wildman–Crippen MR) is 132 cm³/mol. The van der Waals surface area contributed by atoms with E-state index in [2.05, 4.69) is 22.2 Å². The van der Waals surface area contributed by atoms with Crippen molar-refractivity contribution in [2.45, 2.75) is 6.92 Å². The zero-order valence-corrected chi connectivity index (χ0v) is 19.4. The Balaban J connectivity index is 1.53. The monoisotopic (exact) mass is 460 g/mol. The van der Waals surface area contributed by atoms with Gasteiger partial charge in [0, 0.05) is 59.9 Å². The number of aromatic nitrogens is 1. The lowest BCUT2D eigenvalue weighted by Crippen LogP contribution is -2.47. The summed E-state index contributed by atoms with van der Waals surface area (Å²) in [5.74, 6) is -0.153. The van der Waals surface area contributed by atoms with Crippen LogP contribution in [0.5, 0.6) is 0 Å². The van der Waals surface area contributed by atoms with Gasteiger partial charge in [0.1, 0.15) is 0 Å². The van der Waals surface area contributed by atoms with E-state index >= 15 is 0 Å². The Morgan fingerprint density at radius 3 is 2.52 bits per heavy atom. The number of anilines is 1. The summed E-state index contributed by atoms with van der Waals surface area (Å²) < 4.78 is 0. The third-order valence-corrected chi connectivity index (χ3v) is 6.81. The van der Waals surface area contributed by atoms with Crippen LogP contribution < -0.4 is 5.32 Å². The van der Waals surface area contributed by atoms with Gasteiger partial charge in [0.2, 0.25) is 0 Å². The summed E-state index contributed by atoms with van der Waals surface area (Å²) in [7, 11) is 2.06. The number of piperazine rings is 1. The van der Waals surface area contributed by atoms with Crippen molar-refractivity contribution in [2.75, 3.05) is 38.5 Å². The van der Waals surface area contributed by atoms with Gasteiger partial charge in [0.25, 0.3) is 11.8 Å². The summed E-state index contributed by atoms with van der Waals surface area (Å²) in [6, 6.07) is 13.4. The van der Waals surface area contributed by atoms with Crippen molar-refractivity contribution in [3.05, 3.63) is 76.1 Å². The molecule has 0 radical (unpaired) electrons. The molecule has 3 aromatic rings. The van der Waals surface area contributed by atoms with Gasteiger partial charge in [-0.3, -0.25) is 9.59 Å². The molecule has 2 aromatic carbocycles. The van der Waals surface area contributed by atoms with Crippen molar-refractivity contribution in [1.29, 1.82) is 0 Å². The number of carbonyl (C=O) groups is 2. The molecule has 3 heterocycles. The van der Waals surface area contributed by atoms with E-state index in [1.165, 1.54) is 0 Å². The normalized spacial score (nSPS) is 17.4. The molecule has 168 valence electrons. The summed E-state index contributed by atoms with van der Waals surface area (Å²) in [5.41, 5.74) is 6.10. The number of fused-ring (bicyclic) bond motifs is 1. The second-order valence-corrected chi connectivity index (χ2v) is 8.96. The number of hydrogen-bond acceptors (Lipinski definition) is 3. The lowest BCUT2D eigenvalue weighted by Gasteiger charge is -2.32. The van der Waals surface area contributed by atoms with E-state index in [0.29, 0.717) is 29.2 Å². The highest BCUT2D eigenvalue weighted by Crippen LogP contribution is 2.42. The van der Waals surface area contributed by atoms with E-state index in [1.807, 2.05) is 60.4 Å². The first-order valence-corrected chi connectivity index (χ1v) is 11.4. The van der Waals surface area contributed by atoms with Crippen molar-refractivity contribution >= 4 is 40.8 Å². The molecule has 0 atom stereocenters. The molecule has 1 aromatic heterocycles. The number of nitrogens with one attached hydrogen (secondary N) is 2. The van der Waals surface area contributed by atoms with Gasteiger partial charge in [-0.2, -0.15) is 0 Å². The lowest BCUT2D eigenvalue weighted by atomic mass is 9.94. The fourth-order valence-corrected chi connectivity index (χ4v) is 4.74. The number of carbonyl (C=O) groups excluding carboxylic acids is 2. The number of nitrogens with zero attached hydrogens (tertiary/aromatic N) is 2. The van der Waals surface area contributed by atoms with Crippen LogP contribution >= 0.6 is 11.6 Å². The Labute approximate surface area is 197 Å². The van der Waals surface area contributed by atoms with Crippen LogP contribution in [-0.4, -0.2) is 59.8 Å². The first kappa shape index (κ1) is 21.5. The summed E-state index contributed by atoms with van der Waals surface area (Å²) in [6.45, 7) is 5.09. The first-order valence-electron chi connectivity index (χ1n) is 11.0. The quantitative estimate of drug-likeness (QED) is 0.564. The van der Waals surface area contributed by atoms with Crippen LogP contribution in [0.25, 0.3) is 22.8 Å². The van der Waals surface area contributed by atoms with Gasteiger partial charge < -0.3 is 20.1 Å². The smallest absolute Gasteiger partial charge is 0.256 e. The van der Waals surface area contributed by atoms with Crippen LogP contribution in [0.2, 0.25) is 5.02 Å². The molecule has 33 heavy (non-hydrogen) atoms. The molecule has 2 amide bonds. The summed E-state index contributed by atoms with van der Waals surface area (Å²) in [4.78, 5) is 33.3. The van der Waals surface area contributed by atoms with E-state index in [1.54, 1.807) is 6.20 Å². The molecule has 0 unspecified atom stereocenters. The number of halogens is 1. The number of hydrogen-bond donors (Lipinski definition) is 2. The van der Waals surface area contributed by atoms with Gasteiger partial charge in [0.05, 0.1) is 11.1 Å². The van der Waals surface area contributed by atoms with Crippen LogP contribution in [0.15, 0.2) is 48.7 Å². The minimum absolute atomic E-state index is 0.0227. The van der Waals surface area contributed by atoms with Crippen molar-refractivity contribution in [2.24, 2.45) is 0 Å². The molecular formula is C26H25ClN4O2. The summed E-state index contributed by atoms with van der Waals surface area (Å²) in [5, 5.41) is 3.58. The molecule has 0 spiro atoms. The predicted octanol–water partition coefficient (Wildman–Crippen LogP) is 4.52. The van der Waals surface area contributed by atoms with E-state index in [4.69, 9.17) is 11.6 Å². The minimum Gasteiger partial charge on any atom is -0.361 e. The molecule has 6 nitrogen and oxygen atoms in total. The number of rotatable bonds is 3. The largest absolute Gasteiger partial charge is 0.361 e. The third kappa shape index (κ3) is 3.86. The van der Waals surface area contributed by atoms with Gasteiger partial charge in [0.15, 0.2) is 0 Å². The Morgan fingerprint density at radius 2 is 1.76 bits per heavy atom. The highest BCUT2D eigenvalue weighted by atomic mass is 35.5. The Morgan fingerprint density at radius 1 is 1.03 bits per heavy atom. The molecule has 2 aliphatic rings. The number of likely N-dealkylation sites (N-methyl/N-ethyl adjacent to an activating group) is 1. The van der Waals surface area contributed by atoms with Crippen LogP contribution in [0.1, 0.15) is 27.2 Å². The molecule has 5 rings (SSSR count). The fraction of sp³-hybridized carbons (Fsp3) is 0.231. The second-order valence-electron chi connectivity index (χ2n) is 8.56. The van der Waals surface area contributed by atoms with Gasteiger partial charge in [-0.25, -0.2) is 0 Å². The summed E-state index contributed by atoms with van der Waals surface area (Å²) in [6.07, 6.45) is 3.58. The van der Waals surface area contributed by atoms with Crippen LogP contribution in [0.4, 0.5) is 5.69 Å². The van der Waals surface area contributed by atoms with Crippen molar-refractivity contribution in [1.82, 2.24) is 14.8 Å². The van der Waals surface area contributed by atoms with Crippen molar-refractivity contribution in [3.8, 4) is 11.1 Å². The molecule has 0 bridgehead atoms. The maximum atomic E-state index is 13.1. The zero-order valence-electron chi connectivity index (χ0n) is 18.6. The number of benzene rings is 2. The van der Waals surface area contributed by atoms with Gasteiger partial charge in [-0.05, 0) is 43.3 Å². The number of aromatic amines is 1. The summed E-state index contributed by atoms with van der Waals surface area (Å²) >= 11 is 6.47. The molecule has 0 aliphatic carbocycles. The topological polar surface area (TPSA) is 68.4 Å². The zero-order chi connectivity index (χ0) is 23.1. The van der Waals surface area contributed by atoms with E-state index in [0.717, 1.165) is 46.7 Å². The van der Waals surface area contributed by atoms with E-state index < -0.39 is 0 Å². The highest BCUT2D eigenvalue weighted by Gasteiger charge is 2.29. The second kappa shape index (κ2) is 8.54. The molecule has 2 aliphatic heterocycles. The molecule has 7 heteroatoms. The average Bonchev–Trinajstić information content (AvgIpc) is 3.33. The number of amides is 2. The Bertz CT molecular complexity index is 1290. The van der Waals surface area contributed by atoms with E-state index in [9.17, 15) is 9.59 Å². The van der Waals surface area contributed by atoms with Crippen LogP contribution in [0.3, 0.4) is 0 Å². The van der Waals surface area contributed by atoms with Crippen molar-refractivity contribution in [3.63, 3.8) is 0 Å². The molecule has 1 fully saturated rings. The molecule has 1 saturated heterocycles. The van der Waals surface area contributed by atoms with Crippen LogP contribution in [-0.2, 0) is 4.79 Å². The number of H-pyrrole nitrogens is 1. The first-order chi connectivity index (χ1) is 15.9. The van der Waals surface area contributed by atoms with Gasteiger partial charge in [-0.15, -0.1) is 0 Å². The highest BCUT2D eigenvalue weighted by molar-refractivity contribution is 6.37. The maximum absolute atomic E-state index is 13.1. The van der Waals surface area contributed by atoms with Gasteiger partial charge in [-0.1, -0.05) is 41.9 Å². The van der Waals surface area contributed by atoms with Crippen LogP contribution in [0, 0.1) is 6.92 Å². The Kier molecular flexibility index (Phi) is 5.56.